The van der Waals surface area contributed by atoms with E-state index in [-0.39, 0.29) is 34.2 Å². The number of carbonyl (C=O) groups is 3. The van der Waals surface area contributed by atoms with Crippen LogP contribution in [0.15, 0.2) is 42.5 Å². The predicted octanol–water partition coefficient (Wildman–Crippen LogP) is 3.96. The Hall–Kier alpha value is -2.93. The average Bonchev–Trinajstić information content (AvgIpc) is 2.62. The first kappa shape index (κ1) is 21.4. The molecule has 0 fully saturated rings. The highest BCUT2D eigenvalue weighted by atomic mass is 35.5. The Labute approximate surface area is 166 Å². The van der Waals surface area contributed by atoms with Gasteiger partial charge in [0, 0.05) is 11.1 Å². The molecule has 0 heterocycles. The van der Waals surface area contributed by atoms with E-state index in [9.17, 15) is 23.9 Å². The fourth-order valence-corrected chi connectivity index (χ4v) is 2.66. The molecule has 0 aliphatic carbocycles. The van der Waals surface area contributed by atoms with Gasteiger partial charge in [-0.25, -0.2) is 9.18 Å². The molecule has 28 heavy (non-hydrogen) atoms. The summed E-state index contributed by atoms with van der Waals surface area (Å²) in [6.45, 7) is 3.71. The molecule has 1 unspecified atom stereocenters. The molecule has 0 radical (unpaired) electrons. The summed E-state index contributed by atoms with van der Waals surface area (Å²) < 4.78 is 13.0. The van der Waals surface area contributed by atoms with E-state index in [2.05, 4.69) is 10.6 Å². The smallest absolute Gasteiger partial charge is 0.326 e. The van der Waals surface area contributed by atoms with Crippen LogP contribution < -0.4 is 10.6 Å². The maximum atomic E-state index is 13.0. The number of hydrogen-bond acceptors (Lipinski definition) is 3. The zero-order valence-electron chi connectivity index (χ0n) is 15.3. The molecule has 0 spiro atoms. The Morgan fingerprint density at radius 1 is 1.04 bits per heavy atom. The second-order valence-electron chi connectivity index (χ2n) is 6.65. The SMILES string of the molecule is CC(C)CC(NC(=O)c1ccc(Cl)c(NC(=O)c2ccc(F)cc2)c1)C(=O)O. The minimum Gasteiger partial charge on any atom is -0.480 e. The van der Waals surface area contributed by atoms with Gasteiger partial charge in [-0.3, -0.25) is 9.59 Å². The van der Waals surface area contributed by atoms with Crippen LogP contribution in [-0.2, 0) is 4.79 Å². The number of rotatable bonds is 7. The third-order valence-electron chi connectivity index (χ3n) is 3.89. The van der Waals surface area contributed by atoms with Crippen molar-refractivity contribution in [3.63, 3.8) is 0 Å². The van der Waals surface area contributed by atoms with Crippen LogP contribution in [0.4, 0.5) is 10.1 Å². The van der Waals surface area contributed by atoms with Gasteiger partial charge >= 0.3 is 5.97 Å². The number of anilines is 1. The van der Waals surface area contributed by atoms with Crippen molar-refractivity contribution in [2.45, 2.75) is 26.3 Å². The Kier molecular flexibility index (Phi) is 7.12. The summed E-state index contributed by atoms with van der Waals surface area (Å²) in [5.74, 6) is -2.63. The summed E-state index contributed by atoms with van der Waals surface area (Å²) >= 11 is 6.08. The zero-order valence-corrected chi connectivity index (χ0v) is 16.1. The lowest BCUT2D eigenvalue weighted by Gasteiger charge is -2.17. The number of benzene rings is 2. The van der Waals surface area contributed by atoms with Crippen molar-refractivity contribution >= 4 is 35.1 Å². The topological polar surface area (TPSA) is 95.5 Å². The summed E-state index contributed by atoms with van der Waals surface area (Å²) in [5, 5.41) is 14.5. The number of nitrogens with one attached hydrogen (secondary N) is 2. The third-order valence-corrected chi connectivity index (χ3v) is 4.22. The van der Waals surface area contributed by atoms with E-state index in [0.29, 0.717) is 0 Å². The van der Waals surface area contributed by atoms with Crippen LogP contribution in [0.2, 0.25) is 5.02 Å². The predicted molar refractivity (Wildman–Crippen MR) is 104 cm³/mol. The van der Waals surface area contributed by atoms with E-state index in [0.717, 1.165) is 12.1 Å². The van der Waals surface area contributed by atoms with Gasteiger partial charge in [0.2, 0.25) is 0 Å². The molecular weight excluding hydrogens is 387 g/mol. The number of carboxylic acid groups (broad SMARTS) is 1. The van der Waals surface area contributed by atoms with Gasteiger partial charge in [-0.2, -0.15) is 0 Å². The number of halogens is 2. The summed E-state index contributed by atoms with van der Waals surface area (Å²) in [4.78, 5) is 36.0. The van der Waals surface area contributed by atoms with Gasteiger partial charge in [-0.15, -0.1) is 0 Å². The molecule has 6 nitrogen and oxygen atoms in total. The first-order valence-electron chi connectivity index (χ1n) is 8.57. The summed E-state index contributed by atoms with van der Waals surface area (Å²) in [5.41, 5.74) is 0.545. The van der Waals surface area contributed by atoms with Gasteiger partial charge in [-0.05, 0) is 54.8 Å². The van der Waals surface area contributed by atoms with Crippen LogP contribution in [0.25, 0.3) is 0 Å². The molecule has 2 rings (SSSR count). The molecule has 0 aliphatic rings. The minimum absolute atomic E-state index is 0.0807. The quantitative estimate of drug-likeness (QED) is 0.648. The molecule has 2 aromatic rings. The lowest BCUT2D eigenvalue weighted by Crippen LogP contribution is -2.41. The van der Waals surface area contributed by atoms with Gasteiger partial charge in [0.25, 0.3) is 11.8 Å². The number of aliphatic carboxylic acids is 1. The summed E-state index contributed by atoms with van der Waals surface area (Å²) in [6.07, 6.45) is 0.281. The number of carboxylic acids is 1. The molecular formula is C20H20ClFN2O4. The molecule has 0 aromatic heterocycles. The first-order chi connectivity index (χ1) is 13.2. The van der Waals surface area contributed by atoms with Crippen molar-refractivity contribution in [3.05, 3.63) is 64.4 Å². The van der Waals surface area contributed by atoms with Crippen molar-refractivity contribution in [2.75, 3.05) is 5.32 Å². The van der Waals surface area contributed by atoms with E-state index in [1.165, 1.54) is 30.3 Å². The lowest BCUT2D eigenvalue weighted by molar-refractivity contribution is -0.139. The highest BCUT2D eigenvalue weighted by Gasteiger charge is 2.22. The molecule has 0 saturated carbocycles. The monoisotopic (exact) mass is 406 g/mol. The molecule has 0 bridgehead atoms. The van der Waals surface area contributed by atoms with E-state index >= 15 is 0 Å². The molecule has 3 N–H and O–H groups in total. The standard InChI is InChI=1S/C20H20ClFN2O4/c1-11(2)9-17(20(27)28)24-19(26)13-5-8-15(21)16(10-13)23-18(25)12-3-6-14(22)7-4-12/h3-8,10-11,17H,9H2,1-2H3,(H,23,25)(H,24,26)(H,27,28). The number of hydrogen-bond donors (Lipinski definition) is 3. The van der Waals surface area contributed by atoms with E-state index in [4.69, 9.17) is 11.6 Å². The van der Waals surface area contributed by atoms with Crippen LogP contribution >= 0.6 is 11.6 Å². The molecule has 148 valence electrons. The minimum atomic E-state index is -1.12. The van der Waals surface area contributed by atoms with Crippen LogP contribution in [0.5, 0.6) is 0 Å². The molecule has 0 aliphatic heterocycles. The van der Waals surface area contributed by atoms with Crippen LogP contribution in [-0.4, -0.2) is 28.9 Å². The highest BCUT2D eigenvalue weighted by molar-refractivity contribution is 6.34. The zero-order chi connectivity index (χ0) is 20.8. The summed E-state index contributed by atoms with van der Waals surface area (Å²) in [7, 11) is 0. The molecule has 1 atom stereocenters. The largest absolute Gasteiger partial charge is 0.480 e. The van der Waals surface area contributed by atoms with E-state index < -0.39 is 29.6 Å². The first-order valence-corrected chi connectivity index (χ1v) is 8.95. The van der Waals surface area contributed by atoms with Crippen molar-refractivity contribution in [2.24, 2.45) is 5.92 Å². The molecule has 2 aromatic carbocycles. The fourth-order valence-electron chi connectivity index (χ4n) is 2.49. The molecule has 2 amide bonds. The highest BCUT2D eigenvalue weighted by Crippen LogP contribution is 2.24. The van der Waals surface area contributed by atoms with E-state index in [1.807, 2.05) is 13.8 Å². The molecule has 0 saturated heterocycles. The van der Waals surface area contributed by atoms with E-state index in [1.54, 1.807) is 0 Å². The maximum absolute atomic E-state index is 13.0. The Bertz CT molecular complexity index is 884. The third kappa shape index (κ3) is 5.79. The maximum Gasteiger partial charge on any atom is 0.326 e. The summed E-state index contributed by atoms with van der Waals surface area (Å²) in [6, 6.07) is 8.13. The Balaban J connectivity index is 2.17. The van der Waals surface area contributed by atoms with Gasteiger partial charge in [-0.1, -0.05) is 25.4 Å². The Morgan fingerprint density at radius 3 is 2.21 bits per heavy atom. The number of amides is 2. The normalized spacial score (nSPS) is 11.8. The average molecular weight is 407 g/mol. The van der Waals surface area contributed by atoms with Gasteiger partial charge in [0.15, 0.2) is 0 Å². The van der Waals surface area contributed by atoms with Crippen LogP contribution in [0.1, 0.15) is 41.0 Å². The Morgan fingerprint density at radius 2 is 1.64 bits per heavy atom. The van der Waals surface area contributed by atoms with Crippen molar-refractivity contribution in [1.82, 2.24) is 5.32 Å². The second-order valence-corrected chi connectivity index (χ2v) is 7.06. The van der Waals surface area contributed by atoms with Crippen LogP contribution in [0.3, 0.4) is 0 Å². The van der Waals surface area contributed by atoms with Crippen molar-refractivity contribution in [1.29, 1.82) is 0 Å². The van der Waals surface area contributed by atoms with Gasteiger partial charge in [0.05, 0.1) is 10.7 Å². The van der Waals surface area contributed by atoms with Gasteiger partial charge < -0.3 is 15.7 Å². The van der Waals surface area contributed by atoms with Crippen molar-refractivity contribution < 1.29 is 23.9 Å². The second kappa shape index (κ2) is 9.32. The van der Waals surface area contributed by atoms with Gasteiger partial charge in [0.1, 0.15) is 11.9 Å². The number of carbonyl (C=O) groups excluding carboxylic acids is 2. The molecule has 8 heteroatoms. The van der Waals surface area contributed by atoms with Crippen molar-refractivity contribution in [3.8, 4) is 0 Å². The van der Waals surface area contributed by atoms with Crippen LogP contribution in [0, 0.1) is 11.7 Å². The fraction of sp³-hybridized carbons (Fsp3) is 0.250. The lowest BCUT2D eigenvalue weighted by atomic mass is 10.0.